The smallest absolute Gasteiger partial charge is 0.305 e. The molecule has 106 valence electrons. The van der Waals surface area contributed by atoms with Crippen molar-refractivity contribution < 1.29 is 9.53 Å². The number of ether oxygens (including phenoxy) is 1. The van der Waals surface area contributed by atoms with E-state index in [0.717, 1.165) is 30.2 Å². The number of hydrogen-bond acceptors (Lipinski definition) is 6. The van der Waals surface area contributed by atoms with Crippen molar-refractivity contribution in [1.82, 2.24) is 20.2 Å². The van der Waals surface area contributed by atoms with Crippen molar-refractivity contribution in [2.75, 3.05) is 12.4 Å². The van der Waals surface area contributed by atoms with Gasteiger partial charge in [0.2, 0.25) is 5.16 Å². The standard InChI is InChI=1S/C12H20N4O2S/c1-2-18-11(17)6-4-3-5-9-19-12-13-14-15-16(12)10-7-8-10/h10H,2-9H2,1H3. The van der Waals surface area contributed by atoms with Crippen LogP contribution in [0.1, 0.15) is 51.5 Å². The Morgan fingerprint density at radius 3 is 3.00 bits per heavy atom. The van der Waals surface area contributed by atoms with Crippen molar-refractivity contribution in [3.8, 4) is 0 Å². The highest BCUT2D eigenvalue weighted by atomic mass is 32.2. The molecule has 1 aromatic heterocycles. The van der Waals surface area contributed by atoms with Gasteiger partial charge in [-0.1, -0.05) is 18.2 Å². The quantitative estimate of drug-likeness (QED) is 0.393. The van der Waals surface area contributed by atoms with E-state index < -0.39 is 0 Å². The van der Waals surface area contributed by atoms with E-state index in [2.05, 4.69) is 15.5 Å². The number of aromatic nitrogens is 4. The fourth-order valence-corrected chi connectivity index (χ4v) is 2.72. The van der Waals surface area contributed by atoms with Gasteiger partial charge in [-0.2, -0.15) is 0 Å². The third-order valence-corrected chi connectivity index (χ3v) is 3.94. The van der Waals surface area contributed by atoms with Gasteiger partial charge in [0.25, 0.3) is 0 Å². The number of carbonyl (C=O) groups is 1. The predicted octanol–water partition coefficient (Wildman–Crippen LogP) is 2.22. The predicted molar refractivity (Wildman–Crippen MR) is 71.9 cm³/mol. The number of esters is 1. The molecule has 1 aliphatic carbocycles. The van der Waals surface area contributed by atoms with Gasteiger partial charge < -0.3 is 4.74 Å². The maximum absolute atomic E-state index is 11.1. The number of nitrogens with zero attached hydrogens (tertiary/aromatic N) is 4. The molecule has 0 aromatic carbocycles. The Morgan fingerprint density at radius 1 is 1.42 bits per heavy atom. The molecule has 1 aliphatic rings. The van der Waals surface area contributed by atoms with Crippen LogP contribution < -0.4 is 0 Å². The Hall–Kier alpha value is -1.11. The molecule has 2 rings (SSSR count). The van der Waals surface area contributed by atoms with Gasteiger partial charge in [-0.3, -0.25) is 4.79 Å². The molecule has 1 aromatic rings. The van der Waals surface area contributed by atoms with Crippen LogP contribution in [-0.4, -0.2) is 38.5 Å². The fraction of sp³-hybridized carbons (Fsp3) is 0.833. The highest BCUT2D eigenvalue weighted by Crippen LogP contribution is 2.36. The first-order chi connectivity index (χ1) is 9.31. The van der Waals surface area contributed by atoms with Crippen molar-refractivity contribution in [1.29, 1.82) is 0 Å². The van der Waals surface area contributed by atoms with Crippen molar-refractivity contribution in [3.63, 3.8) is 0 Å². The molecule has 6 nitrogen and oxygen atoms in total. The summed E-state index contributed by atoms with van der Waals surface area (Å²) in [5.74, 6) is 0.906. The van der Waals surface area contributed by atoms with E-state index >= 15 is 0 Å². The molecule has 19 heavy (non-hydrogen) atoms. The molecule has 0 atom stereocenters. The number of carbonyl (C=O) groups excluding carboxylic acids is 1. The van der Waals surface area contributed by atoms with Gasteiger partial charge in [0.1, 0.15) is 0 Å². The SMILES string of the molecule is CCOC(=O)CCCCCSc1nnnn1C1CC1. The third kappa shape index (κ3) is 4.81. The summed E-state index contributed by atoms with van der Waals surface area (Å²) in [5, 5.41) is 12.7. The van der Waals surface area contributed by atoms with Crippen LogP contribution in [0.25, 0.3) is 0 Å². The number of thioether (sulfide) groups is 1. The minimum Gasteiger partial charge on any atom is -0.466 e. The first kappa shape index (κ1) is 14.3. The first-order valence-electron chi connectivity index (χ1n) is 6.87. The van der Waals surface area contributed by atoms with Crippen LogP contribution in [0.5, 0.6) is 0 Å². The van der Waals surface area contributed by atoms with E-state index in [4.69, 9.17) is 4.74 Å². The Kier molecular flexibility index (Phi) is 5.62. The molecule has 1 heterocycles. The monoisotopic (exact) mass is 284 g/mol. The first-order valence-corrected chi connectivity index (χ1v) is 7.86. The second-order valence-electron chi connectivity index (χ2n) is 4.60. The molecule has 0 N–H and O–H groups in total. The Labute approximate surface area is 117 Å². The van der Waals surface area contributed by atoms with Gasteiger partial charge in [0, 0.05) is 12.2 Å². The number of hydrogen-bond donors (Lipinski definition) is 0. The summed E-state index contributed by atoms with van der Waals surface area (Å²) in [6.45, 7) is 2.30. The van der Waals surface area contributed by atoms with Crippen molar-refractivity contribution >= 4 is 17.7 Å². The molecule has 1 saturated carbocycles. The third-order valence-electron chi connectivity index (χ3n) is 2.92. The molecule has 1 fully saturated rings. The van der Waals surface area contributed by atoms with Gasteiger partial charge in [0.15, 0.2) is 0 Å². The molecule has 0 radical (unpaired) electrons. The second kappa shape index (κ2) is 7.47. The van der Waals surface area contributed by atoms with E-state index in [1.807, 2.05) is 11.6 Å². The number of unbranched alkanes of at least 4 members (excludes halogenated alkanes) is 2. The molecule has 7 heteroatoms. The van der Waals surface area contributed by atoms with E-state index in [0.29, 0.717) is 19.1 Å². The van der Waals surface area contributed by atoms with Gasteiger partial charge in [-0.05, 0) is 43.0 Å². The maximum Gasteiger partial charge on any atom is 0.305 e. The van der Waals surface area contributed by atoms with Crippen LogP contribution >= 0.6 is 11.8 Å². The van der Waals surface area contributed by atoms with Crippen LogP contribution in [0.4, 0.5) is 0 Å². The highest BCUT2D eigenvalue weighted by molar-refractivity contribution is 7.99. The zero-order chi connectivity index (χ0) is 13.5. The number of tetrazole rings is 1. The minimum absolute atomic E-state index is 0.0900. The lowest BCUT2D eigenvalue weighted by atomic mass is 10.2. The van der Waals surface area contributed by atoms with Gasteiger partial charge in [0.05, 0.1) is 12.6 Å². The Balaban J connectivity index is 1.54. The zero-order valence-corrected chi connectivity index (χ0v) is 12.1. The average molecular weight is 284 g/mol. The molecular formula is C12H20N4O2S. The van der Waals surface area contributed by atoms with Crippen LogP contribution in [0.15, 0.2) is 5.16 Å². The fourth-order valence-electron chi connectivity index (χ4n) is 1.77. The summed E-state index contributed by atoms with van der Waals surface area (Å²) in [6.07, 6.45) is 5.92. The summed E-state index contributed by atoms with van der Waals surface area (Å²) < 4.78 is 6.82. The molecule has 0 bridgehead atoms. The molecular weight excluding hydrogens is 264 g/mol. The summed E-state index contributed by atoms with van der Waals surface area (Å²) in [4.78, 5) is 11.1. The average Bonchev–Trinajstić information content (AvgIpc) is 3.14. The maximum atomic E-state index is 11.1. The van der Waals surface area contributed by atoms with Gasteiger partial charge in [-0.15, -0.1) is 5.10 Å². The normalized spacial score (nSPS) is 14.6. The van der Waals surface area contributed by atoms with Crippen LogP contribution in [0.2, 0.25) is 0 Å². The molecule has 0 unspecified atom stereocenters. The van der Waals surface area contributed by atoms with Crippen molar-refractivity contribution in [2.45, 2.75) is 56.6 Å². The Morgan fingerprint density at radius 2 is 2.26 bits per heavy atom. The minimum atomic E-state index is -0.0900. The summed E-state index contributed by atoms with van der Waals surface area (Å²) in [6, 6.07) is 0.529. The second-order valence-corrected chi connectivity index (χ2v) is 5.66. The van der Waals surface area contributed by atoms with Crippen molar-refractivity contribution in [3.05, 3.63) is 0 Å². The molecule has 0 aliphatic heterocycles. The summed E-state index contributed by atoms with van der Waals surface area (Å²) in [7, 11) is 0. The van der Waals surface area contributed by atoms with Gasteiger partial charge in [-0.25, -0.2) is 4.68 Å². The van der Waals surface area contributed by atoms with Crippen molar-refractivity contribution in [2.24, 2.45) is 0 Å². The molecule has 0 spiro atoms. The highest BCUT2D eigenvalue weighted by Gasteiger charge is 2.27. The van der Waals surface area contributed by atoms with E-state index in [1.165, 1.54) is 12.8 Å². The lowest BCUT2D eigenvalue weighted by Crippen LogP contribution is -2.03. The van der Waals surface area contributed by atoms with E-state index in [9.17, 15) is 4.79 Å². The summed E-state index contributed by atoms with van der Waals surface area (Å²) >= 11 is 1.70. The summed E-state index contributed by atoms with van der Waals surface area (Å²) in [5.41, 5.74) is 0. The zero-order valence-electron chi connectivity index (χ0n) is 11.2. The van der Waals surface area contributed by atoms with Crippen LogP contribution in [0.3, 0.4) is 0 Å². The lowest BCUT2D eigenvalue weighted by Gasteiger charge is -2.03. The molecule has 0 amide bonds. The lowest BCUT2D eigenvalue weighted by molar-refractivity contribution is -0.143. The Bertz CT molecular complexity index is 406. The van der Waals surface area contributed by atoms with Crippen LogP contribution in [-0.2, 0) is 9.53 Å². The largest absolute Gasteiger partial charge is 0.466 e. The number of rotatable bonds is 9. The molecule has 0 saturated heterocycles. The topological polar surface area (TPSA) is 69.9 Å². The van der Waals surface area contributed by atoms with Gasteiger partial charge >= 0.3 is 5.97 Å². The van der Waals surface area contributed by atoms with E-state index in [1.54, 1.807) is 11.8 Å². The van der Waals surface area contributed by atoms with Crippen LogP contribution in [0, 0.1) is 0 Å². The van der Waals surface area contributed by atoms with E-state index in [-0.39, 0.29) is 5.97 Å².